The number of nitrogens with zero attached hydrogens (tertiary/aromatic N) is 3. The Morgan fingerprint density at radius 1 is 1.35 bits per heavy atom. The van der Waals surface area contributed by atoms with Gasteiger partial charge in [0.05, 0.1) is 22.8 Å². The van der Waals surface area contributed by atoms with Gasteiger partial charge in [-0.15, -0.1) is 0 Å². The first-order valence-electron chi connectivity index (χ1n) is 5.87. The zero-order valence-electron chi connectivity index (χ0n) is 10.6. The molecule has 0 amide bonds. The molecular weight excluding hydrogens is 212 g/mol. The highest BCUT2D eigenvalue weighted by atomic mass is 15.3. The molecule has 2 N–H and O–H groups in total. The molecule has 0 fully saturated rings. The maximum atomic E-state index is 5.79. The normalized spacial score (nSPS) is 10.8. The predicted molar refractivity (Wildman–Crippen MR) is 69.6 cm³/mol. The van der Waals surface area contributed by atoms with Crippen LogP contribution in [-0.2, 0) is 13.5 Å². The number of hydrogen-bond donors (Lipinski definition) is 1. The number of nitrogens with two attached hydrogens (primary N) is 1. The monoisotopic (exact) mass is 230 g/mol. The van der Waals surface area contributed by atoms with Gasteiger partial charge in [0.15, 0.2) is 0 Å². The quantitative estimate of drug-likeness (QED) is 0.880. The van der Waals surface area contributed by atoms with Crippen molar-refractivity contribution < 1.29 is 0 Å². The number of anilines is 1. The summed E-state index contributed by atoms with van der Waals surface area (Å²) in [4.78, 5) is 4.52. The third-order valence-electron chi connectivity index (χ3n) is 2.79. The fraction of sp³-hybridized carbons (Fsp3) is 0.385. The van der Waals surface area contributed by atoms with E-state index in [4.69, 9.17) is 5.73 Å². The van der Waals surface area contributed by atoms with E-state index in [-0.39, 0.29) is 0 Å². The molecule has 2 heterocycles. The number of nitrogen functional groups attached to an aromatic ring is 1. The van der Waals surface area contributed by atoms with Crippen LogP contribution in [0.5, 0.6) is 0 Å². The Labute approximate surface area is 101 Å². The Kier molecular flexibility index (Phi) is 3.13. The summed E-state index contributed by atoms with van der Waals surface area (Å²) in [5.74, 6) is 0. The Bertz CT molecular complexity index is 528. The summed E-state index contributed by atoms with van der Waals surface area (Å²) in [7, 11) is 1.94. The van der Waals surface area contributed by atoms with Crippen LogP contribution in [0.1, 0.15) is 24.7 Å². The molecule has 0 saturated heterocycles. The second-order valence-corrected chi connectivity index (χ2v) is 4.28. The molecule has 90 valence electrons. The van der Waals surface area contributed by atoms with Gasteiger partial charge in [0.2, 0.25) is 0 Å². The van der Waals surface area contributed by atoms with Gasteiger partial charge in [0.25, 0.3) is 0 Å². The van der Waals surface area contributed by atoms with Crippen molar-refractivity contribution in [3.05, 3.63) is 29.7 Å². The molecule has 0 aliphatic rings. The minimum absolute atomic E-state index is 0.731. The molecule has 0 spiro atoms. The summed E-state index contributed by atoms with van der Waals surface area (Å²) in [5.41, 5.74) is 10.6. The molecular formula is C13H18N4. The van der Waals surface area contributed by atoms with E-state index in [1.807, 2.05) is 37.0 Å². The van der Waals surface area contributed by atoms with Crippen LogP contribution in [0.2, 0.25) is 0 Å². The predicted octanol–water partition coefficient (Wildman–Crippen LogP) is 2.33. The molecule has 0 radical (unpaired) electrons. The van der Waals surface area contributed by atoms with Crippen molar-refractivity contribution in [2.75, 3.05) is 5.73 Å². The number of hydrogen-bond acceptors (Lipinski definition) is 3. The van der Waals surface area contributed by atoms with Gasteiger partial charge in [-0.25, -0.2) is 0 Å². The molecule has 0 aromatic carbocycles. The van der Waals surface area contributed by atoms with Crippen molar-refractivity contribution in [3.8, 4) is 11.3 Å². The number of rotatable bonds is 3. The molecule has 2 aromatic heterocycles. The number of aryl methyl sites for hydroxylation is 3. The summed E-state index contributed by atoms with van der Waals surface area (Å²) in [5, 5.41) is 4.47. The van der Waals surface area contributed by atoms with Crippen LogP contribution < -0.4 is 5.73 Å². The van der Waals surface area contributed by atoms with E-state index in [9.17, 15) is 0 Å². The SMILES string of the molecule is CCCc1nn(C)cc1-c1ccc(N)c(C)n1. The van der Waals surface area contributed by atoms with Crippen molar-refractivity contribution in [2.45, 2.75) is 26.7 Å². The fourth-order valence-electron chi connectivity index (χ4n) is 1.89. The lowest BCUT2D eigenvalue weighted by Crippen LogP contribution is -1.95. The number of pyridine rings is 1. The summed E-state index contributed by atoms with van der Waals surface area (Å²) in [6, 6.07) is 3.86. The highest BCUT2D eigenvalue weighted by Gasteiger charge is 2.11. The lowest BCUT2D eigenvalue weighted by molar-refractivity contribution is 0.733. The average molecular weight is 230 g/mol. The first kappa shape index (κ1) is 11.6. The molecule has 2 aromatic rings. The molecule has 4 heteroatoms. The van der Waals surface area contributed by atoms with Gasteiger partial charge in [-0.3, -0.25) is 9.67 Å². The standard InChI is InChI=1S/C13H18N4/c1-4-5-13-10(8-17(3)16-13)12-7-6-11(14)9(2)15-12/h6-8H,4-5,14H2,1-3H3. The number of aromatic nitrogens is 3. The Morgan fingerprint density at radius 3 is 2.76 bits per heavy atom. The Balaban J connectivity index is 2.47. The van der Waals surface area contributed by atoms with Gasteiger partial charge >= 0.3 is 0 Å². The van der Waals surface area contributed by atoms with Crippen molar-refractivity contribution in [1.29, 1.82) is 0 Å². The van der Waals surface area contributed by atoms with E-state index in [1.165, 1.54) is 0 Å². The Hall–Kier alpha value is -1.84. The summed E-state index contributed by atoms with van der Waals surface area (Å²) >= 11 is 0. The second kappa shape index (κ2) is 4.57. The van der Waals surface area contributed by atoms with Crippen molar-refractivity contribution >= 4 is 5.69 Å². The smallest absolute Gasteiger partial charge is 0.0741 e. The first-order valence-corrected chi connectivity index (χ1v) is 5.87. The summed E-state index contributed by atoms with van der Waals surface area (Å²) in [6.07, 6.45) is 4.07. The van der Waals surface area contributed by atoms with Crippen LogP contribution in [0, 0.1) is 6.92 Å². The molecule has 0 aliphatic carbocycles. The van der Waals surface area contributed by atoms with Crippen LogP contribution in [-0.4, -0.2) is 14.8 Å². The third kappa shape index (κ3) is 2.30. The molecule has 0 aliphatic heterocycles. The Morgan fingerprint density at radius 2 is 2.12 bits per heavy atom. The van der Waals surface area contributed by atoms with E-state index in [0.29, 0.717) is 0 Å². The van der Waals surface area contributed by atoms with E-state index >= 15 is 0 Å². The van der Waals surface area contributed by atoms with Crippen LogP contribution in [0.4, 0.5) is 5.69 Å². The van der Waals surface area contributed by atoms with E-state index in [1.54, 1.807) is 0 Å². The van der Waals surface area contributed by atoms with Gasteiger partial charge in [0.1, 0.15) is 0 Å². The third-order valence-corrected chi connectivity index (χ3v) is 2.79. The van der Waals surface area contributed by atoms with Crippen LogP contribution in [0.25, 0.3) is 11.3 Å². The van der Waals surface area contributed by atoms with E-state index in [0.717, 1.165) is 41.2 Å². The molecule has 0 saturated carbocycles. The van der Waals surface area contributed by atoms with Gasteiger partial charge < -0.3 is 5.73 Å². The van der Waals surface area contributed by atoms with Crippen LogP contribution in [0.15, 0.2) is 18.3 Å². The van der Waals surface area contributed by atoms with Crippen LogP contribution in [0.3, 0.4) is 0 Å². The highest BCUT2D eigenvalue weighted by molar-refractivity contribution is 5.63. The molecule has 0 atom stereocenters. The maximum absolute atomic E-state index is 5.79. The summed E-state index contributed by atoms with van der Waals surface area (Å²) in [6.45, 7) is 4.08. The van der Waals surface area contributed by atoms with E-state index < -0.39 is 0 Å². The van der Waals surface area contributed by atoms with Crippen molar-refractivity contribution in [3.63, 3.8) is 0 Å². The lowest BCUT2D eigenvalue weighted by atomic mass is 10.1. The zero-order chi connectivity index (χ0) is 12.4. The van der Waals surface area contributed by atoms with Gasteiger partial charge in [0, 0.05) is 18.8 Å². The van der Waals surface area contributed by atoms with Gasteiger partial charge in [-0.2, -0.15) is 5.10 Å². The molecule has 0 unspecified atom stereocenters. The zero-order valence-corrected chi connectivity index (χ0v) is 10.6. The second-order valence-electron chi connectivity index (χ2n) is 4.28. The molecule has 0 bridgehead atoms. The molecule has 2 rings (SSSR count). The minimum atomic E-state index is 0.731. The van der Waals surface area contributed by atoms with E-state index in [2.05, 4.69) is 17.0 Å². The molecule has 4 nitrogen and oxygen atoms in total. The minimum Gasteiger partial charge on any atom is -0.397 e. The lowest BCUT2D eigenvalue weighted by Gasteiger charge is -2.04. The topological polar surface area (TPSA) is 56.7 Å². The fourth-order valence-corrected chi connectivity index (χ4v) is 1.89. The molecule has 17 heavy (non-hydrogen) atoms. The maximum Gasteiger partial charge on any atom is 0.0741 e. The van der Waals surface area contributed by atoms with Crippen molar-refractivity contribution in [2.24, 2.45) is 7.05 Å². The highest BCUT2D eigenvalue weighted by Crippen LogP contribution is 2.23. The van der Waals surface area contributed by atoms with Gasteiger partial charge in [-0.1, -0.05) is 13.3 Å². The largest absolute Gasteiger partial charge is 0.397 e. The van der Waals surface area contributed by atoms with Gasteiger partial charge in [-0.05, 0) is 25.5 Å². The average Bonchev–Trinajstić information content (AvgIpc) is 2.64. The van der Waals surface area contributed by atoms with Crippen molar-refractivity contribution in [1.82, 2.24) is 14.8 Å². The van der Waals surface area contributed by atoms with Crippen LogP contribution >= 0.6 is 0 Å². The first-order chi connectivity index (χ1) is 8.11. The summed E-state index contributed by atoms with van der Waals surface area (Å²) < 4.78 is 1.84.